The number of nitrogens with zero attached hydrogens (tertiary/aromatic N) is 3. The van der Waals surface area contributed by atoms with Crippen molar-refractivity contribution >= 4 is 5.69 Å². The maximum Gasteiger partial charge on any atom is 0.420 e. The second-order valence-electron chi connectivity index (χ2n) is 5.03. The molecule has 120 valence electrons. The third-order valence-corrected chi connectivity index (χ3v) is 3.18. The number of rotatable bonds is 5. The second-order valence-corrected chi connectivity index (χ2v) is 5.03. The molecule has 1 atom stereocenters. The maximum atomic E-state index is 13.1. The zero-order valence-electron chi connectivity index (χ0n) is 12.5. The Morgan fingerprint density at radius 2 is 2.09 bits per heavy atom. The van der Waals surface area contributed by atoms with E-state index in [9.17, 15) is 13.2 Å². The van der Waals surface area contributed by atoms with Gasteiger partial charge in [-0.2, -0.15) is 18.3 Å². The van der Waals surface area contributed by atoms with E-state index < -0.39 is 11.7 Å². The summed E-state index contributed by atoms with van der Waals surface area (Å²) < 4.78 is 45.6. The fourth-order valence-corrected chi connectivity index (χ4v) is 2.15. The fraction of sp³-hybridized carbons (Fsp3) is 0.429. The van der Waals surface area contributed by atoms with Gasteiger partial charge in [0, 0.05) is 11.7 Å². The molecule has 0 saturated heterocycles. The van der Waals surface area contributed by atoms with Gasteiger partial charge in [0.1, 0.15) is 18.4 Å². The van der Waals surface area contributed by atoms with E-state index in [4.69, 9.17) is 4.74 Å². The van der Waals surface area contributed by atoms with Crippen molar-refractivity contribution in [2.75, 3.05) is 12.4 Å². The number of ether oxygens (including phenoxy) is 1. The van der Waals surface area contributed by atoms with Gasteiger partial charge >= 0.3 is 6.18 Å². The molecule has 8 heteroatoms. The summed E-state index contributed by atoms with van der Waals surface area (Å²) in [5, 5.41) is 7.04. The van der Waals surface area contributed by atoms with Crippen LogP contribution in [0.5, 0.6) is 5.75 Å². The summed E-state index contributed by atoms with van der Waals surface area (Å²) in [7, 11) is 1.23. The van der Waals surface area contributed by atoms with Crippen molar-refractivity contribution < 1.29 is 17.9 Å². The maximum absolute atomic E-state index is 13.1. The minimum Gasteiger partial charge on any atom is -0.496 e. The van der Waals surface area contributed by atoms with Gasteiger partial charge in [-0.25, -0.2) is 4.98 Å². The average Bonchev–Trinajstić information content (AvgIpc) is 2.92. The first-order valence-corrected chi connectivity index (χ1v) is 6.66. The highest BCUT2D eigenvalue weighted by molar-refractivity contribution is 5.58. The molecular weight excluding hydrogens is 297 g/mol. The molecule has 1 N–H and O–H groups in total. The molecule has 0 aliphatic rings. The van der Waals surface area contributed by atoms with Gasteiger partial charge in [0.2, 0.25) is 0 Å². The zero-order chi connectivity index (χ0) is 16.3. The van der Waals surface area contributed by atoms with Crippen LogP contribution in [0.1, 0.15) is 18.1 Å². The molecule has 0 aliphatic heterocycles. The van der Waals surface area contributed by atoms with Crippen molar-refractivity contribution in [1.82, 2.24) is 14.8 Å². The highest BCUT2D eigenvalue weighted by Crippen LogP contribution is 2.39. The fourth-order valence-electron chi connectivity index (χ4n) is 2.15. The van der Waals surface area contributed by atoms with E-state index in [1.54, 1.807) is 17.9 Å². The Morgan fingerprint density at radius 1 is 1.36 bits per heavy atom. The average molecular weight is 314 g/mol. The summed E-state index contributed by atoms with van der Waals surface area (Å²) in [6, 6.07) is 2.34. The smallest absolute Gasteiger partial charge is 0.420 e. The Balaban J connectivity index is 2.23. The van der Waals surface area contributed by atoms with Crippen LogP contribution in [-0.2, 0) is 12.7 Å². The van der Waals surface area contributed by atoms with E-state index in [0.29, 0.717) is 17.8 Å². The normalized spacial score (nSPS) is 13.0. The summed E-state index contributed by atoms with van der Waals surface area (Å²) in [6.45, 7) is 4.08. The van der Waals surface area contributed by atoms with Crippen molar-refractivity contribution in [3.63, 3.8) is 0 Å². The van der Waals surface area contributed by atoms with Crippen LogP contribution in [0.15, 0.2) is 24.8 Å². The van der Waals surface area contributed by atoms with Crippen LogP contribution >= 0.6 is 0 Å². The Labute approximate surface area is 126 Å². The third kappa shape index (κ3) is 3.69. The number of halogens is 3. The van der Waals surface area contributed by atoms with Crippen LogP contribution in [0.4, 0.5) is 18.9 Å². The lowest BCUT2D eigenvalue weighted by molar-refractivity contribution is -0.138. The highest BCUT2D eigenvalue weighted by Gasteiger charge is 2.35. The molecule has 0 aliphatic carbocycles. The molecule has 0 spiro atoms. The quantitative estimate of drug-likeness (QED) is 0.921. The number of aromatic nitrogens is 3. The monoisotopic (exact) mass is 314 g/mol. The molecule has 0 saturated carbocycles. The minimum atomic E-state index is -4.47. The summed E-state index contributed by atoms with van der Waals surface area (Å²) >= 11 is 0. The van der Waals surface area contributed by atoms with Crippen LogP contribution in [0.3, 0.4) is 0 Å². The molecule has 1 unspecified atom stereocenters. The van der Waals surface area contributed by atoms with Crippen molar-refractivity contribution in [1.29, 1.82) is 0 Å². The predicted octanol–water partition coefficient (Wildman–Crippen LogP) is 3.11. The van der Waals surface area contributed by atoms with Crippen LogP contribution < -0.4 is 10.1 Å². The van der Waals surface area contributed by atoms with Crippen LogP contribution in [0.2, 0.25) is 0 Å². The Kier molecular flexibility index (Phi) is 4.58. The SMILES string of the molecule is COc1cc(C)c(NC(C)Cn2cncn2)cc1C(F)(F)F. The van der Waals surface area contributed by atoms with Crippen LogP contribution in [-0.4, -0.2) is 27.9 Å². The number of hydrogen-bond donors (Lipinski definition) is 1. The second kappa shape index (κ2) is 6.25. The third-order valence-electron chi connectivity index (χ3n) is 3.18. The number of nitrogens with one attached hydrogen (secondary N) is 1. The van der Waals surface area contributed by atoms with E-state index in [-0.39, 0.29) is 11.8 Å². The summed E-state index contributed by atoms with van der Waals surface area (Å²) in [4.78, 5) is 3.83. The number of hydrogen-bond acceptors (Lipinski definition) is 4. The van der Waals surface area contributed by atoms with Crippen molar-refractivity contribution in [3.8, 4) is 5.75 Å². The lowest BCUT2D eigenvalue weighted by atomic mass is 10.1. The molecule has 2 rings (SSSR count). The van der Waals surface area contributed by atoms with Crippen LogP contribution in [0.25, 0.3) is 0 Å². The number of benzene rings is 1. The molecule has 5 nitrogen and oxygen atoms in total. The molecule has 1 aromatic carbocycles. The number of alkyl halides is 3. The number of anilines is 1. The van der Waals surface area contributed by atoms with Crippen LogP contribution in [0, 0.1) is 6.92 Å². The molecule has 0 fully saturated rings. The van der Waals surface area contributed by atoms with Gasteiger partial charge < -0.3 is 10.1 Å². The first-order valence-electron chi connectivity index (χ1n) is 6.66. The lowest BCUT2D eigenvalue weighted by Crippen LogP contribution is -2.23. The van der Waals surface area contributed by atoms with Gasteiger partial charge in [-0.05, 0) is 31.5 Å². The summed E-state index contributed by atoms with van der Waals surface area (Å²) in [5.74, 6) is -0.181. The van der Waals surface area contributed by atoms with Gasteiger partial charge in [0.15, 0.2) is 0 Å². The van der Waals surface area contributed by atoms with E-state index in [0.717, 1.165) is 6.07 Å². The molecule has 1 aromatic heterocycles. The molecule has 2 aromatic rings. The van der Waals surface area contributed by atoms with Gasteiger partial charge in [0.05, 0.1) is 19.2 Å². The largest absolute Gasteiger partial charge is 0.496 e. The first kappa shape index (κ1) is 16.1. The molecule has 0 radical (unpaired) electrons. The summed E-state index contributed by atoms with van der Waals surface area (Å²) in [5.41, 5.74) is 0.298. The molecule has 0 bridgehead atoms. The predicted molar refractivity (Wildman–Crippen MR) is 75.8 cm³/mol. The standard InChI is InChI=1S/C14H17F3N4O/c1-9-4-13(22-3)11(14(15,16)17)5-12(9)20-10(2)6-21-8-18-7-19-21/h4-5,7-8,10,20H,6H2,1-3H3. The number of aryl methyl sites for hydroxylation is 1. The first-order chi connectivity index (χ1) is 10.3. The Hall–Kier alpha value is -2.25. The van der Waals surface area contributed by atoms with Crippen molar-refractivity contribution in [3.05, 3.63) is 35.9 Å². The van der Waals surface area contributed by atoms with Gasteiger partial charge in [-0.15, -0.1) is 0 Å². The minimum absolute atomic E-state index is 0.116. The van der Waals surface area contributed by atoms with Crippen molar-refractivity contribution in [2.24, 2.45) is 0 Å². The zero-order valence-corrected chi connectivity index (χ0v) is 12.5. The Bertz CT molecular complexity index is 626. The summed E-state index contributed by atoms with van der Waals surface area (Å²) in [6.07, 6.45) is -1.50. The van der Waals surface area contributed by atoms with Gasteiger partial charge in [-0.3, -0.25) is 4.68 Å². The van der Waals surface area contributed by atoms with E-state index in [1.807, 2.05) is 6.92 Å². The molecular formula is C14H17F3N4O. The molecule has 0 amide bonds. The topological polar surface area (TPSA) is 52.0 Å². The number of methoxy groups -OCH3 is 1. The van der Waals surface area contributed by atoms with Crippen molar-refractivity contribution in [2.45, 2.75) is 32.6 Å². The lowest BCUT2D eigenvalue weighted by Gasteiger charge is -2.20. The van der Waals surface area contributed by atoms with E-state index >= 15 is 0 Å². The van der Waals surface area contributed by atoms with Gasteiger partial charge in [-0.1, -0.05) is 0 Å². The van der Waals surface area contributed by atoms with Gasteiger partial charge in [0.25, 0.3) is 0 Å². The van der Waals surface area contributed by atoms with E-state index in [2.05, 4.69) is 15.4 Å². The Morgan fingerprint density at radius 3 is 2.64 bits per heavy atom. The molecule has 22 heavy (non-hydrogen) atoms. The van der Waals surface area contributed by atoms with E-state index in [1.165, 1.54) is 19.5 Å². The molecule has 1 heterocycles. The highest BCUT2D eigenvalue weighted by atomic mass is 19.4.